The van der Waals surface area contributed by atoms with Crippen LogP contribution in [-0.4, -0.2) is 48.8 Å². The normalized spacial score (nSPS) is 13.2. The number of H-pyrrole nitrogens is 1. The maximum atomic E-state index is 9.24. The Bertz CT molecular complexity index is 492. The highest BCUT2D eigenvalue weighted by molar-refractivity contribution is 7.99. The molecule has 0 aromatic carbocycles. The molecule has 0 bridgehead atoms. The molecule has 16 heavy (non-hydrogen) atoms. The van der Waals surface area contributed by atoms with Gasteiger partial charge in [-0.2, -0.15) is 10.1 Å². The first-order chi connectivity index (χ1) is 7.70. The molecular weight excluding hydrogens is 252 g/mol. The number of halogens is 1. The van der Waals surface area contributed by atoms with Crippen LogP contribution in [0.15, 0.2) is 11.2 Å². The molecule has 0 amide bonds. The van der Waals surface area contributed by atoms with Crippen LogP contribution >= 0.6 is 23.4 Å². The first-order valence-corrected chi connectivity index (χ1v) is 5.85. The van der Waals surface area contributed by atoms with Crippen molar-refractivity contribution < 1.29 is 10.2 Å². The second kappa shape index (κ2) is 4.96. The molecule has 0 spiro atoms. The molecule has 86 valence electrons. The van der Waals surface area contributed by atoms with Gasteiger partial charge in [-0.25, -0.2) is 4.98 Å². The fraction of sp³-hybridized carbons (Fsp3) is 0.375. The fourth-order valence-corrected chi connectivity index (χ4v) is 2.25. The lowest BCUT2D eigenvalue weighted by molar-refractivity contribution is 0.113. The lowest BCUT2D eigenvalue weighted by Crippen LogP contribution is -2.14. The van der Waals surface area contributed by atoms with E-state index in [1.165, 1.54) is 11.8 Å². The zero-order chi connectivity index (χ0) is 11.5. The number of aliphatic hydroxyl groups is 2. The molecule has 1 unspecified atom stereocenters. The van der Waals surface area contributed by atoms with Gasteiger partial charge in [0.1, 0.15) is 5.03 Å². The third-order valence-electron chi connectivity index (χ3n) is 1.87. The van der Waals surface area contributed by atoms with E-state index in [4.69, 9.17) is 16.7 Å². The summed E-state index contributed by atoms with van der Waals surface area (Å²) >= 11 is 7.03. The molecule has 0 fully saturated rings. The quantitative estimate of drug-likeness (QED) is 0.420. The fourth-order valence-electron chi connectivity index (χ4n) is 1.12. The average Bonchev–Trinajstić information content (AvgIpc) is 2.73. The van der Waals surface area contributed by atoms with E-state index < -0.39 is 6.10 Å². The third-order valence-corrected chi connectivity index (χ3v) is 3.18. The minimum Gasteiger partial charge on any atom is -0.394 e. The van der Waals surface area contributed by atoms with Gasteiger partial charge in [0.25, 0.3) is 0 Å². The first kappa shape index (κ1) is 11.6. The van der Waals surface area contributed by atoms with Crippen molar-refractivity contribution in [3.63, 3.8) is 0 Å². The van der Waals surface area contributed by atoms with Crippen LogP contribution in [0.1, 0.15) is 0 Å². The molecule has 6 nitrogen and oxygen atoms in total. The van der Waals surface area contributed by atoms with Crippen LogP contribution < -0.4 is 0 Å². The van der Waals surface area contributed by atoms with Crippen molar-refractivity contribution in [3.05, 3.63) is 11.5 Å². The molecule has 0 saturated carbocycles. The number of nitrogens with zero attached hydrogens (tertiary/aromatic N) is 3. The number of thioether (sulfide) groups is 1. The summed E-state index contributed by atoms with van der Waals surface area (Å²) < 4.78 is 0. The molecule has 1 atom stereocenters. The number of rotatable bonds is 4. The van der Waals surface area contributed by atoms with Crippen molar-refractivity contribution in [2.75, 3.05) is 12.4 Å². The predicted molar refractivity (Wildman–Crippen MR) is 60.5 cm³/mol. The zero-order valence-corrected chi connectivity index (χ0v) is 9.66. The lowest BCUT2D eigenvalue weighted by atomic mass is 10.4. The van der Waals surface area contributed by atoms with Gasteiger partial charge in [-0.15, -0.1) is 11.8 Å². The van der Waals surface area contributed by atoms with Gasteiger partial charge in [0.15, 0.2) is 5.65 Å². The Kier molecular flexibility index (Phi) is 3.59. The van der Waals surface area contributed by atoms with Crippen LogP contribution in [0, 0.1) is 0 Å². The summed E-state index contributed by atoms with van der Waals surface area (Å²) in [6.45, 7) is -0.277. The highest BCUT2D eigenvalue weighted by Gasteiger charge is 2.11. The average molecular weight is 261 g/mol. The third kappa shape index (κ3) is 2.43. The molecule has 3 N–H and O–H groups in total. The SMILES string of the molecule is OCC(O)CSc1nc(Cl)nc2[nH]ncc12. The summed E-state index contributed by atoms with van der Waals surface area (Å²) in [4.78, 5) is 8.00. The first-order valence-electron chi connectivity index (χ1n) is 4.49. The minimum absolute atomic E-state index is 0.123. The number of hydrogen-bond donors (Lipinski definition) is 3. The highest BCUT2D eigenvalue weighted by atomic mass is 35.5. The molecule has 0 aliphatic rings. The number of fused-ring (bicyclic) bond motifs is 1. The number of aromatic amines is 1. The predicted octanol–water partition coefficient (Wildman–Crippen LogP) is 0.452. The van der Waals surface area contributed by atoms with Gasteiger partial charge < -0.3 is 10.2 Å². The van der Waals surface area contributed by atoms with Gasteiger partial charge in [0.05, 0.1) is 24.3 Å². The second-order valence-corrected chi connectivity index (χ2v) is 4.42. The van der Waals surface area contributed by atoms with Gasteiger partial charge in [0.2, 0.25) is 5.28 Å². The van der Waals surface area contributed by atoms with Crippen molar-refractivity contribution in [1.29, 1.82) is 0 Å². The molecule has 2 aromatic rings. The van der Waals surface area contributed by atoms with E-state index in [-0.39, 0.29) is 11.9 Å². The highest BCUT2D eigenvalue weighted by Crippen LogP contribution is 2.25. The summed E-state index contributed by atoms with van der Waals surface area (Å²) in [5.74, 6) is 0.337. The molecule has 8 heteroatoms. The van der Waals surface area contributed by atoms with E-state index in [2.05, 4.69) is 20.2 Å². The van der Waals surface area contributed by atoms with Gasteiger partial charge in [-0.05, 0) is 11.6 Å². The Labute approximate surface area is 100 Å². The molecule has 0 saturated heterocycles. The Morgan fingerprint density at radius 1 is 1.50 bits per heavy atom. The van der Waals surface area contributed by atoms with Crippen LogP contribution in [0.5, 0.6) is 0 Å². The monoisotopic (exact) mass is 260 g/mol. The van der Waals surface area contributed by atoms with E-state index >= 15 is 0 Å². The summed E-state index contributed by atoms with van der Waals surface area (Å²) in [7, 11) is 0. The van der Waals surface area contributed by atoms with E-state index in [9.17, 15) is 5.11 Å². The molecule has 0 aliphatic heterocycles. The van der Waals surface area contributed by atoms with Crippen LogP contribution in [0.25, 0.3) is 11.0 Å². The maximum absolute atomic E-state index is 9.24. The smallest absolute Gasteiger partial charge is 0.225 e. The molecule has 0 radical (unpaired) electrons. The van der Waals surface area contributed by atoms with Crippen molar-refractivity contribution in [3.8, 4) is 0 Å². The Balaban J connectivity index is 2.25. The van der Waals surface area contributed by atoms with Crippen molar-refractivity contribution in [2.45, 2.75) is 11.1 Å². The van der Waals surface area contributed by atoms with E-state index in [0.717, 1.165) is 5.39 Å². The van der Waals surface area contributed by atoms with E-state index in [1.54, 1.807) is 6.20 Å². The van der Waals surface area contributed by atoms with Gasteiger partial charge in [0, 0.05) is 5.75 Å². The molecular formula is C8H9ClN4O2S. The minimum atomic E-state index is -0.777. The number of nitrogens with one attached hydrogen (secondary N) is 1. The number of hydrogen-bond acceptors (Lipinski definition) is 6. The Morgan fingerprint density at radius 3 is 3.06 bits per heavy atom. The summed E-state index contributed by atoms with van der Waals surface area (Å²) in [5, 5.41) is 26.0. The van der Waals surface area contributed by atoms with Crippen LogP contribution in [0.2, 0.25) is 5.28 Å². The van der Waals surface area contributed by atoms with E-state index in [0.29, 0.717) is 16.4 Å². The summed E-state index contributed by atoms with van der Waals surface area (Å²) in [6.07, 6.45) is 0.819. The largest absolute Gasteiger partial charge is 0.394 e. The van der Waals surface area contributed by atoms with Crippen molar-refractivity contribution in [1.82, 2.24) is 20.2 Å². The van der Waals surface area contributed by atoms with Crippen LogP contribution in [0.3, 0.4) is 0 Å². The van der Waals surface area contributed by atoms with Crippen molar-refractivity contribution in [2.24, 2.45) is 0 Å². The Hall–Kier alpha value is -0.890. The Morgan fingerprint density at radius 2 is 2.31 bits per heavy atom. The second-order valence-electron chi connectivity index (χ2n) is 3.08. The zero-order valence-electron chi connectivity index (χ0n) is 8.09. The lowest BCUT2D eigenvalue weighted by Gasteiger charge is -2.06. The molecule has 2 aromatic heterocycles. The number of aliphatic hydroxyl groups excluding tert-OH is 2. The maximum Gasteiger partial charge on any atom is 0.225 e. The van der Waals surface area contributed by atoms with Crippen LogP contribution in [-0.2, 0) is 0 Å². The van der Waals surface area contributed by atoms with Crippen molar-refractivity contribution >= 4 is 34.4 Å². The topological polar surface area (TPSA) is 94.9 Å². The summed E-state index contributed by atoms with van der Waals surface area (Å²) in [6, 6.07) is 0. The standard InChI is InChI=1S/C8H9ClN4O2S/c9-8-11-6-5(1-10-13-6)7(12-8)16-3-4(15)2-14/h1,4,14-15H,2-3H2,(H,10,11,12,13). The molecule has 0 aliphatic carbocycles. The van der Waals surface area contributed by atoms with Gasteiger partial charge in [-0.1, -0.05) is 0 Å². The summed E-state index contributed by atoms with van der Waals surface area (Å²) in [5.41, 5.74) is 0.556. The van der Waals surface area contributed by atoms with E-state index in [1.807, 2.05) is 0 Å². The van der Waals surface area contributed by atoms with Gasteiger partial charge in [-0.3, -0.25) is 5.10 Å². The molecule has 2 heterocycles. The number of aromatic nitrogens is 4. The van der Waals surface area contributed by atoms with Gasteiger partial charge >= 0.3 is 0 Å². The molecule has 2 rings (SSSR count). The van der Waals surface area contributed by atoms with Crippen LogP contribution in [0.4, 0.5) is 0 Å².